The van der Waals surface area contributed by atoms with Gasteiger partial charge in [-0.15, -0.1) is 12.5 Å². The third kappa shape index (κ3) is 3.99. The lowest BCUT2D eigenvalue weighted by Crippen LogP contribution is -2.41. The van der Waals surface area contributed by atoms with Gasteiger partial charge < -0.3 is 4.90 Å². The third-order valence-corrected chi connectivity index (χ3v) is 1.33. The average Bonchev–Trinajstić information content (AvgIpc) is 2.09. The van der Waals surface area contributed by atoms with E-state index >= 15 is 0 Å². The first-order chi connectivity index (χ1) is 6.43. The van der Waals surface area contributed by atoms with Gasteiger partial charge in [-0.1, -0.05) is 12.0 Å². The van der Waals surface area contributed by atoms with E-state index in [1.54, 1.807) is 0 Å². The molecule has 0 aromatic carbocycles. The molecule has 0 rings (SSSR count). The van der Waals surface area contributed by atoms with Crippen LogP contribution >= 0.6 is 0 Å². The number of halogens is 3. The molecule has 5 heteroatoms. The Kier molecular flexibility index (Phi) is 4.78. The Bertz CT molecular complexity index is 272. The average molecular weight is 205 g/mol. The summed E-state index contributed by atoms with van der Waals surface area (Å²) < 4.78 is 35.9. The molecule has 2 nitrogen and oxygen atoms in total. The van der Waals surface area contributed by atoms with E-state index in [1.165, 1.54) is 13.0 Å². The van der Waals surface area contributed by atoms with Gasteiger partial charge in [-0.05, 0) is 6.92 Å². The zero-order valence-corrected chi connectivity index (χ0v) is 7.69. The van der Waals surface area contributed by atoms with Gasteiger partial charge in [0.15, 0.2) is 0 Å². The number of carbonyl (C=O) groups is 1. The van der Waals surface area contributed by atoms with Crippen molar-refractivity contribution in [3.05, 3.63) is 12.7 Å². The summed E-state index contributed by atoms with van der Waals surface area (Å²) in [5.41, 5.74) is 0. The Balaban J connectivity index is 4.53. The van der Waals surface area contributed by atoms with Crippen LogP contribution in [0.15, 0.2) is 12.7 Å². The molecule has 0 aliphatic rings. The van der Waals surface area contributed by atoms with Crippen LogP contribution in [0.2, 0.25) is 0 Å². The number of alkyl halides is 3. The lowest BCUT2D eigenvalue weighted by Gasteiger charge is -2.19. The zero-order valence-electron chi connectivity index (χ0n) is 7.69. The molecular weight excluding hydrogens is 195 g/mol. The van der Waals surface area contributed by atoms with E-state index < -0.39 is 12.1 Å². The molecule has 0 aliphatic heterocycles. The standard InChI is InChI=1S/C9H10F3NO/c1-3-5-7-13(6-4-2)8(14)9(10,11)12/h4H,2,6-7H2,1H3. The van der Waals surface area contributed by atoms with E-state index in [0.29, 0.717) is 4.90 Å². The highest BCUT2D eigenvalue weighted by Crippen LogP contribution is 2.17. The van der Waals surface area contributed by atoms with Gasteiger partial charge in [0.25, 0.3) is 0 Å². The first-order valence-electron chi connectivity index (χ1n) is 3.80. The van der Waals surface area contributed by atoms with Crippen LogP contribution in [0.5, 0.6) is 0 Å². The SMILES string of the molecule is C=CCN(CC#CC)C(=O)C(F)(F)F. The van der Waals surface area contributed by atoms with E-state index in [2.05, 4.69) is 18.4 Å². The molecule has 0 radical (unpaired) electrons. The van der Waals surface area contributed by atoms with Gasteiger partial charge in [-0.3, -0.25) is 4.79 Å². The number of hydrogen-bond donors (Lipinski definition) is 0. The summed E-state index contributed by atoms with van der Waals surface area (Å²) >= 11 is 0. The highest BCUT2D eigenvalue weighted by Gasteiger charge is 2.41. The smallest absolute Gasteiger partial charge is 0.320 e. The molecule has 0 atom stereocenters. The highest BCUT2D eigenvalue weighted by atomic mass is 19.4. The molecule has 0 bridgehead atoms. The Hall–Kier alpha value is -1.44. The van der Waals surface area contributed by atoms with Crippen LogP contribution in [0.25, 0.3) is 0 Å². The molecule has 0 N–H and O–H groups in total. The summed E-state index contributed by atoms with van der Waals surface area (Å²) in [6, 6.07) is 0. The van der Waals surface area contributed by atoms with E-state index in [4.69, 9.17) is 0 Å². The van der Waals surface area contributed by atoms with Crippen molar-refractivity contribution >= 4 is 5.91 Å². The summed E-state index contributed by atoms with van der Waals surface area (Å²) in [6.45, 7) is 4.36. The Labute approximate surface area is 80.4 Å². The van der Waals surface area contributed by atoms with Gasteiger partial charge in [0.1, 0.15) is 0 Å². The number of carbonyl (C=O) groups excluding carboxylic acids is 1. The Morgan fingerprint density at radius 1 is 1.57 bits per heavy atom. The molecule has 0 spiro atoms. The number of nitrogens with zero attached hydrogens (tertiary/aromatic N) is 1. The largest absolute Gasteiger partial charge is 0.471 e. The molecule has 0 fully saturated rings. The minimum absolute atomic E-state index is 0.160. The number of amides is 1. The topological polar surface area (TPSA) is 20.3 Å². The highest BCUT2D eigenvalue weighted by molar-refractivity contribution is 5.82. The van der Waals surface area contributed by atoms with Crippen LogP contribution in [-0.2, 0) is 4.79 Å². The quantitative estimate of drug-likeness (QED) is 0.506. The Morgan fingerprint density at radius 2 is 2.14 bits per heavy atom. The fourth-order valence-electron chi connectivity index (χ4n) is 0.729. The van der Waals surface area contributed by atoms with Crippen molar-refractivity contribution in [2.75, 3.05) is 13.1 Å². The molecule has 0 unspecified atom stereocenters. The van der Waals surface area contributed by atoms with Gasteiger partial charge in [0, 0.05) is 6.54 Å². The van der Waals surface area contributed by atoms with Crippen LogP contribution < -0.4 is 0 Å². The Morgan fingerprint density at radius 3 is 2.50 bits per heavy atom. The predicted molar refractivity (Wildman–Crippen MR) is 46.3 cm³/mol. The summed E-state index contributed by atoms with van der Waals surface area (Å²) in [4.78, 5) is 11.3. The maximum Gasteiger partial charge on any atom is 0.471 e. The van der Waals surface area contributed by atoms with Crippen molar-refractivity contribution in [2.45, 2.75) is 13.1 Å². The van der Waals surface area contributed by atoms with Crippen molar-refractivity contribution in [3.63, 3.8) is 0 Å². The van der Waals surface area contributed by atoms with Crippen LogP contribution in [0.1, 0.15) is 6.92 Å². The second-order valence-electron chi connectivity index (χ2n) is 2.40. The fourth-order valence-corrected chi connectivity index (χ4v) is 0.729. The minimum atomic E-state index is -4.85. The van der Waals surface area contributed by atoms with E-state index in [-0.39, 0.29) is 13.1 Å². The van der Waals surface area contributed by atoms with Crippen LogP contribution in [0.4, 0.5) is 13.2 Å². The van der Waals surface area contributed by atoms with Crippen LogP contribution in [0.3, 0.4) is 0 Å². The van der Waals surface area contributed by atoms with Crippen molar-refractivity contribution in [1.29, 1.82) is 0 Å². The first kappa shape index (κ1) is 12.6. The molecule has 0 heterocycles. The summed E-state index contributed by atoms with van der Waals surface area (Å²) in [5.74, 6) is 2.92. The molecule has 0 aliphatic carbocycles. The van der Waals surface area contributed by atoms with Gasteiger partial charge in [0.05, 0.1) is 6.54 Å². The monoisotopic (exact) mass is 205 g/mol. The summed E-state index contributed by atoms with van der Waals surface area (Å²) in [6.07, 6.45) is -3.63. The summed E-state index contributed by atoms with van der Waals surface area (Å²) in [7, 11) is 0. The van der Waals surface area contributed by atoms with Gasteiger partial charge in [0.2, 0.25) is 0 Å². The normalized spacial score (nSPS) is 10.0. The molecule has 0 aromatic heterocycles. The molecule has 0 aromatic rings. The molecule has 78 valence electrons. The third-order valence-electron chi connectivity index (χ3n) is 1.33. The molecule has 14 heavy (non-hydrogen) atoms. The van der Waals surface area contributed by atoms with E-state index in [9.17, 15) is 18.0 Å². The van der Waals surface area contributed by atoms with E-state index in [0.717, 1.165) is 0 Å². The summed E-state index contributed by atoms with van der Waals surface area (Å²) in [5, 5.41) is 0. The first-order valence-corrected chi connectivity index (χ1v) is 3.80. The lowest BCUT2D eigenvalue weighted by atomic mass is 10.4. The maximum absolute atomic E-state index is 12.0. The molecule has 1 amide bonds. The van der Waals surface area contributed by atoms with Gasteiger partial charge in [-0.2, -0.15) is 13.2 Å². The van der Waals surface area contributed by atoms with Crippen molar-refractivity contribution in [3.8, 4) is 11.8 Å². The second kappa shape index (κ2) is 5.32. The minimum Gasteiger partial charge on any atom is -0.320 e. The van der Waals surface area contributed by atoms with Gasteiger partial charge in [-0.25, -0.2) is 0 Å². The lowest BCUT2D eigenvalue weighted by molar-refractivity contribution is -0.184. The van der Waals surface area contributed by atoms with Crippen molar-refractivity contribution < 1.29 is 18.0 Å². The maximum atomic E-state index is 12.0. The van der Waals surface area contributed by atoms with Crippen molar-refractivity contribution in [1.82, 2.24) is 4.90 Å². The fraction of sp³-hybridized carbons (Fsp3) is 0.444. The predicted octanol–water partition coefficient (Wildman–Crippen LogP) is 1.59. The molecular formula is C9H10F3NO. The molecule has 0 saturated heterocycles. The molecule has 0 saturated carbocycles. The number of rotatable bonds is 3. The van der Waals surface area contributed by atoms with Crippen molar-refractivity contribution in [2.24, 2.45) is 0 Å². The number of hydrogen-bond acceptors (Lipinski definition) is 1. The van der Waals surface area contributed by atoms with Crippen LogP contribution in [0, 0.1) is 11.8 Å². The van der Waals surface area contributed by atoms with Crippen LogP contribution in [-0.4, -0.2) is 30.1 Å². The van der Waals surface area contributed by atoms with Gasteiger partial charge >= 0.3 is 12.1 Å². The van der Waals surface area contributed by atoms with E-state index in [1.807, 2.05) is 0 Å². The second-order valence-corrected chi connectivity index (χ2v) is 2.40. The zero-order chi connectivity index (χ0) is 11.2.